The van der Waals surface area contributed by atoms with Crippen LogP contribution >= 0.6 is 0 Å². The Hall–Kier alpha value is -1.58. The number of nitrogens with zero attached hydrogens (tertiary/aromatic N) is 1. The third-order valence-corrected chi connectivity index (χ3v) is 4.25. The highest BCUT2D eigenvalue weighted by molar-refractivity contribution is 7.89. The van der Waals surface area contributed by atoms with Gasteiger partial charge in [-0.05, 0) is 18.1 Å². The zero-order valence-corrected chi connectivity index (χ0v) is 11.7. The Morgan fingerprint density at radius 3 is 2.50 bits per heavy atom. The first-order valence-corrected chi connectivity index (χ1v) is 7.24. The molecule has 1 aromatic rings. The summed E-state index contributed by atoms with van der Waals surface area (Å²) in [7, 11) is -4.23. The number of nitro groups is 1. The van der Waals surface area contributed by atoms with Gasteiger partial charge in [-0.15, -0.1) is 0 Å². The van der Waals surface area contributed by atoms with Gasteiger partial charge in [0.1, 0.15) is 5.82 Å². The smallest absolute Gasteiger partial charge is 0.292 e. The molecule has 7 nitrogen and oxygen atoms in total. The molecular formula is C11H15FN2O5S. The van der Waals surface area contributed by atoms with Crippen LogP contribution in [0.1, 0.15) is 13.8 Å². The molecule has 1 rings (SSSR count). The van der Waals surface area contributed by atoms with Crippen molar-refractivity contribution in [2.45, 2.75) is 24.8 Å². The number of sulfonamides is 1. The second-order valence-corrected chi connectivity index (χ2v) is 6.21. The fourth-order valence-electron chi connectivity index (χ4n) is 1.51. The van der Waals surface area contributed by atoms with Gasteiger partial charge in [0.25, 0.3) is 5.69 Å². The lowest BCUT2D eigenvalue weighted by molar-refractivity contribution is -0.388. The van der Waals surface area contributed by atoms with Gasteiger partial charge in [0.15, 0.2) is 4.90 Å². The van der Waals surface area contributed by atoms with E-state index in [-0.39, 0.29) is 5.92 Å². The van der Waals surface area contributed by atoms with Crippen LogP contribution in [-0.2, 0) is 10.0 Å². The molecule has 0 aliphatic carbocycles. The van der Waals surface area contributed by atoms with Crippen molar-refractivity contribution < 1.29 is 22.8 Å². The minimum absolute atomic E-state index is 0.214. The SMILES string of the molecule is CC(C)C(CO)NS(=O)(=O)c1ccc(F)cc1[N+](=O)[O-]. The molecule has 9 heteroatoms. The third kappa shape index (κ3) is 3.71. The van der Waals surface area contributed by atoms with Crippen LogP contribution in [0.3, 0.4) is 0 Å². The molecule has 1 unspecified atom stereocenters. The van der Waals surface area contributed by atoms with Crippen LogP contribution in [0.15, 0.2) is 23.1 Å². The Morgan fingerprint density at radius 2 is 2.05 bits per heavy atom. The quantitative estimate of drug-likeness (QED) is 0.602. The van der Waals surface area contributed by atoms with Crippen molar-refractivity contribution in [1.29, 1.82) is 0 Å². The second-order valence-electron chi connectivity index (χ2n) is 4.52. The van der Waals surface area contributed by atoms with Crippen molar-refractivity contribution in [2.75, 3.05) is 6.61 Å². The molecule has 0 saturated carbocycles. The molecular weight excluding hydrogens is 291 g/mol. The maximum Gasteiger partial charge on any atom is 0.292 e. The monoisotopic (exact) mass is 306 g/mol. The van der Waals surface area contributed by atoms with Gasteiger partial charge in [0.05, 0.1) is 17.6 Å². The molecule has 0 aliphatic heterocycles. The number of hydrogen-bond acceptors (Lipinski definition) is 5. The van der Waals surface area contributed by atoms with Crippen molar-refractivity contribution >= 4 is 15.7 Å². The van der Waals surface area contributed by atoms with E-state index in [4.69, 9.17) is 5.11 Å². The van der Waals surface area contributed by atoms with Gasteiger partial charge >= 0.3 is 0 Å². The molecule has 0 aromatic heterocycles. The molecule has 0 bridgehead atoms. The van der Waals surface area contributed by atoms with Crippen LogP contribution in [0.4, 0.5) is 10.1 Å². The van der Waals surface area contributed by atoms with E-state index in [1.54, 1.807) is 13.8 Å². The number of aliphatic hydroxyl groups is 1. The van der Waals surface area contributed by atoms with Gasteiger partial charge in [-0.25, -0.2) is 17.5 Å². The van der Waals surface area contributed by atoms with Gasteiger partial charge in [-0.1, -0.05) is 13.8 Å². The summed E-state index contributed by atoms with van der Waals surface area (Å²) >= 11 is 0. The van der Waals surface area contributed by atoms with Gasteiger partial charge in [-0.2, -0.15) is 0 Å². The summed E-state index contributed by atoms with van der Waals surface area (Å²) in [5.74, 6) is -1.12. The Labute approximate surface area is 115 Å². The molecule has 0 radical (unpaired) electrons. The second kappa shape index (κ2) is 6.25. The molecule has 20 heavy (non-hydrogen) atoms. The summed E-state index contributed by atoms with van der Waals surface area (Å²) in [6.07, 6.45) is 0. The number of nitro benzene ring substituents is 1. The molecule has 0 heterocycles. The molecule has 1 aromatic carbocycles. The number of aliphatic hydroxyl groups excluding tert-OH is 1. The van der Waals surface area contributed by atoms with Crippen LogP contribution < -0.4 is 4.72 Å². The van der Waals surface area contributed by atoms with E-state index in [0.29, 0.717) is 6.07 Å². The molecule has 1 atom stereocenters. The largest absolute Gasteiger partial charge is 0.395 e. The molecule has 0 aliphatic rings. The normalized spacial score (nSPS) is 13.4. The first kappa shape index (κ1) is 16.5. The first-order valence-electron chi connectivity index (χ1n) is 5.76. The highest BCUT2D eigenvalue weighted by Crippen LogP contribution is 2.25. The Kier molecular flexibility index (Phi) is 5.15. The average molecular weight is 306 g/mol. The molecule has 2 N–H and O–H groups in total. The lowest BCUT2D eigenvalue weighted by Crippen LogP contribution is -2.41. The number of halogens is 1. The van der Waals surface area contributed by atoms with E-state index in [1.807, 2.05) is 0 Å². The number of nitrogens with one attached hydrogen (secondary N) is 1. The lowest BCUT2D eigenvalue weighted by Gasteiger charge is -2.19. The number of rotatable bonds is 6. The Bertz CT molecular complexity index is 603. The lowest BCUT2D eigenvalue weighted by atomic mass is 10.1. The summed E-state index contributed by atoms with van der Waals surface area (Å²) < 4.78 is 39.3. The minimum atomic E-state index is -4.23. The van der Waals surface area contributed by atoms with Gasteiger partial charge < -0.3 is 5.11 Å². The predicted octanol–water partition coefficient (Wildman–Crippen LogP) is 1.03. The third-order valence-electron chi connectivity index (χ3n) is 2.72. The van der Waals surface area contributed by atoms with Crippen molar-refractivity contribution in [3.05, 3.63) is 34.1 Å². The van der Waals surface area contributed by atoms with E-state index in [9.17, 15) is 22.9 Å². The van der Waals surface area contributed by atoms with Gasteiger partial charge in [0, 0.05) is 6.04 Å². The Morgan fingerprint density at radius 1 is 1.45 bits per heavy atom. The summed E-state index contributed by atoms with van der Waals surface area (Å²) in [5.41, 5.74) is -0.849. The van der Waals surface area contributed by atoms with Crippen LogP contribution in [-0.4, -0.2) is 31.1 Å². The summed E-state index contributed by atoms with van der Waals surface area (Å²) in [4.78, 5) is 9.20. The highest BCUT2D eigenvalue weighted by Gasteiger charge is 2.29. The zero-order chi connectivity index (χ0) is 15.5. The van der Waals surface area contributed by atoms with Crippen molar-refractivity contribution in [3.63, 3.8) is 0 Å². The summed E-state index contributed by atoms with van der Waals surface area (Å²) in [6.45, 7) is 2.91. The van der Waals surface area contributed by atoms with Crippen molar-refractivity contribution in [2.24, 2.45) is 5.92 Å². The zero-order valence-electron chi connectivity index (χ0n) is 10.9. The average Bonchev–Trinajstić information content (AvgIpc) is 2.35. The maximum absolute atomic E-state index is 13.0. The van der Waals surface area contributed by atoms with E-state index in [2.05, 4.69) is 4.72 Å². The van der Waals surface area contributed by atoms with E-state index >= 15 is 0 Å². The molecule has 0 spiro atoms. The molecule has 0 amide bonds. The van der Waals surface area contributed by atoms with E-state index < -0.39 is 44.0 Å². The number of hydrogen-bond donors (Lipinski definition) is 2. The van der Waals surface area contributed by atoms with Crippen LogP contribution in [0, 0.1) is 21.8 Å². The van der Waals surface area contributed by atoms with Gasteiger partial charge in [0.2, 0.25) is 10.0 Å². The minimum Gasteiger partial charge on any atom is -0.395 e. The number of benzene rings is 1. The fraction of sp³-hybridized carbons (Fsp3) is 0.455. The van der Waals surface area contributed by atoms with E-state index in [0.717, 1.165) is 12.1 Å². The Balaban J connectivity index is 3.25. The maximum atomic E-state index is 13.0. The van der Waals surface area contributed by atoms with Crippen LogP contribution in [0.25, 0.3) is 0 Å². The standard InChI is InChI=1S/C11H15FN2O5S/c1-7(2)9(6-15)13-20(18,19)11-4-3-8(12)5-10(11)14(16)17/h3-5,7,9,13,15H,6H2,1-2H3. The van der Waals surface area contributed by atoms with Crippen molar-refractivity contribution in [3.8, 4) is 0 Å². The predicted molar refractivity (Wildman–Crippen MR) is 69.1 cm³/mol. The van der Waals surface area contributed by atoms with E-state index in [1.165, 1.54) is 0 Å². The van der Waals surface area contributed by atoms with Crippen molar-refractivity contribution in [1.82, 2.24) is 4.72 Å². The fourth-order valence-corrected chi connectivity index (χ4v) is 3.04. The van der Waals surface area contributed by atoms with Crippen LogP contribution in [0.2, 0.25) is 0 Å². The highest BCUT2D eigenvalue weighted by atomic mass is 32.2. The first-order chi connectivity index (χ1) is 9.19. The summed E-state index contributed by atoms with van der Waals surface area (Å²) in [6, 6.07) is 1.40. The topological polar surface area (TPSA) is 110 Å². The molecule has 112 valence electrons. The summed E-state index contributed by atoms with van der Waals surface area (Å²) in [5, 5.41) is 19.9. The van der Waals surface area contributed by atoms with Gasteiger partial charge in [-0.3, -0.25) is 10.1 Å². The molecule has 0 fully saturated rings. The molecule has 0 saturated heterocycles. The van der Waals surface area contributed by atoms with Crippen LogP contribution in [0.5, 0.6) is 0 Å².